The van der Waals surface area contributed by atoms with Crippen molar-refractivity contribution in [1.29, 1.82) is 0 Å². The summed E-state index contributed by atoms with van der Waals surface area (Å²) in [5.41, 5.74) is 6.65. The van der Waals surface area contributed by atoms with Crippen LogP contribution in [0, 0.1) is 0 Å². The molecule has 0 aromatic heterocycles. The number of nitrogens with one attached hydrogen (secondary N) is 1. The molecule has 6 heteroatoms. The van der Waals surface area contributed by atoms with E-state index in [2.05, 4.69) is 5.32 Å². The molecule has 1 aromatic rings. The molecule has 0 bridgehead atoms. The Bertz CT molecular complexity index is 571. The lowest BCUT2D eigenvalue weighted by atomic mass is 9.89. The Morgan fingerprint density at radius 2 is 1.96 bits per heavy atom. The van der Waals surface area contributed by atoms with Crippen LogP contribution in [0.3, 0.4) is 0 Å². The maximum atomic E-state index is 12.8. The van der Waals surface area contributed by atoms with E-state index in [4.69, 9.17) is 10.5 Å². The molecule has 23 heavy (non-hydrogen) atoms. The summed E-state index contributed by atoms with van der Waals surface area (Å²) in [6.07, 6.45) is 4.61. The molecule has 2 atom stereocenters. The lowest BCUT2D eigenvalue weighted by Crippen LogP contribution is -2.54. The van der Waals surface area contributed by atoms with E-state index >= 15 is 0 Å². The van der Waals surface area contributed by atoms with Gasteiger partial charge in [-0.15, -0.1) is 0 Å². The van der Waals surface area contributed by atoms with Crippen molar-refractivity contribution in [3.8, 4) is 0 Å². The Balaban J connectivity index is 1.68. The van der Waals surface area contributed by atoms with Crippen LogP contribution in [0.5, 0.6) is 0 Å². The van der Waals surface area contributed by atoms with Crippen LogP contribution in [0.1, 0.15) is 41.6 Å². The normalized spacial score (nSPS) is 23.9. The highest BCUT2D eigenvalue weighted by Gasteiger charge is 2.36. The standard InChI is InChI=1S/C17H23N3O3/c18-17(22)19-11-12-5-7-13(8-6-12)16(21)20-9-10-23-15-4-2-1-3-14(15)20/h5-8,14-15H,1-4,9-11H2,(H3,18,19,22). The van der Waals surface area contributed by atoms with Crippen molar-refractivity contribution in [3.63, 3.8) is 0 Å². The first-order valence-corrected chi connectivity index (χ1v) is 8.20. The SMILES string of the molecule is NC(=O)NCc1ccc(C(=O)N2CCOC3CCCCC32)cc1. The second kappa shape index (κ2) is 7.00. The van der Waals surface area contributed by atoms with Crippen molar-refractivity contribution < 1.29 is 14.3 Å². The zero-order valence-electron chi connectivity index (χ0n) is 13.2. The first-order valence-electron chi connectivity index (χ1n) is 8.20. The van der Waals surface area contributed by atoms with Crippen LogP contribution in [-0.2, 0) is 11.3 Å². The van der Waals surface area contributed by atoms with Gasteiger partial charge in [0.15, 0.2) is 0 Å². The molecule has 1 aliphatic heterocycles. The van der Waals surface area contributed by atoms with Crippen molar-refractivity contribution in [1.82, 2.24) is 10.2 Å². The molecule has 1 aromatic carbocycles. The Hall–Kier alpha value is -2.08. The van der Waals surface area contributed by atoms with E-state index in [1.807, 2.05) is 29.2 Å². The molecule has 3 rings (SSSR count). The predicted octanol–water partition coefficient (Wildman–Crippen LogP) is 1.64. The first-order chi connectivity index (χ1) is 11.1. The summed E-state index contributed by atoms with van der Waals surface area (Å²) >= 11 is 0. The summed E-state index contributed by atoms with van der Waals surface area (Å²) in [6.45, 7) is 1.64. The minimum atomic E-state index is -0.554. The Kier molecular flexibility index (Phi) is 4.81. The largest absolute Gasteiger partial charge is 0.374 e. The van der Waals surface area contributed by atoms with E-state index in [0.717, 1.165) is 24.8 Å². The maximum Gasteiger partial charge on any atom is 0.312 e. The molecule has 3 amide bonds. The number of primary amides is 1. The summed E-state index contributed by atoms with van der Waals surface area (Å²) < 4.78 is 5.83. The van der Waals surface area contributed by atoms with Crippen LogP contribution < -0.4 is 11.1 Å². The van der Waals surface area contributed by atoms with Gasteiger partial charge in [-0.2, -0.15) is 0 Å². The topological polar surface area (TPSA) is 84.7 Å². The van der Waals surface area contributed by atoms with Gasteiger partial charge in [0.2, 0.25) is 0 Å². The number of carbonyl (C=O) groups is 2. The number of nitrogens with two attached hydrogens (primary N) is 1. The van der Waals surface area contributed by atoms with Crippen molar-refractivity contribution in [3.05, 3.63) is 35.4 Å². The fourth-order valence-electron chi connectivity index (χ4n) is 3.47. The average Bonchev–Trinajstić information content (AvgIpc) is 2.59. The molecular weight excluding hydrogens is 294 g/mol. The van der Waals surface area contributed by atoms with Gasteiger partial charge in [0.05, 0.1) is 18.8 Å². The molecule has 1 saturated carbocycles. The summed E-state index contributed by atoms with van der Waals surface area (Å²) in [4.78, 5) is 25.5. The highest BCUT2D eigenvalue weighted by molar-refractivity contribution is 5.94. The number of carbonyl (C=O) groups excluding carboxylic acids is 2. The van der Waals surface area contributed by atoms with Gasteiger partial charge in [-0.1, -0.05) is 25.0 Å². The fourth-order valence-corrected chi connectivity index (χ4v) is 3.47. The van der Waals surface area contributed by atoms with Gasteiger partial charge in [0.1, 0.15) is 0 Å². The van der Waals surface area contributed by atoms with Gasteiger partial charge < -0.3 is 20.7 Å². The Morgan fingerprint density at radius 3 is 2.70 bits per heavy atom. The van der Waals surface area contributed by atoms with Gasteiger partial charge >= 0.3 is 6.03 Å². The maximum absolute atomic E-state index is 12.8. The van der Waals surface area contributed by atoms with E-state index in [9.17, 15) is 9.59 Å². The van der Waals surface area contributed by atoms with Crippen molar-refractivity contribution in [2.75, 3.05) is 13.2 Å². The van der Waals surface area contributed by atoms with Gasteiger partial charge in [-0.25, -0.2) is 4.79 Å². The first kappa shape index (κ1) is 15.8. The zero-order valence-corrected chi connectivity index (χ0v) is 13.2. The number of fused-ring (bicyclic) bond motifs is 1. The van der Waals surface area contributed by atoms with E-state index in [1.54, 1.807) is 0 Å². The molecule has 1 saturated heterocycles. The minimum absolute atomic E-state index is 0.0691. The molecule has 2 unspecified atom stereocenters. The second-order valence-electron chi connectivity index (χ2n) is 6.17. The highest BCUT2D eigenvalue weighted by atomic mass is 16.5. The van der Waals surface area contributed by atoms with Gasteiger partial charge in [0.25, 0.3) is 5.91 Å². The monoisotopic (exact) mass is 317 g/mol. The Labute approximate surface area is 136 Å². The van der Waals surface area contributed by atoms with Gasteiger partial charge in [-0.3, -0.25) is 4.79 Å². The summed E-state index contributed by atoms with van der Waals surface area (Å²) in [7, 11) is 0. The van der Waals surface area contributed by atoms with Gasteiger partial charge in [-0.05, 0) is 30.5 Å². The van der Waals surface area contributed by atoms with Crippen LogP contribution in [0.2, 0.25) is 0 Å². The number of rotatable bonds is 3. The third kappa shape index (κ3) is 3.64. The van der Waals surface area contributed by atoms with Crippen molar-refractivity contribution in [2.24, 2.45) is 5.73 Å². The fraction of sp³-hybridized carbons (Fsp3) is 0.529. The molecule has 2 fully saturated rings. The number of nitrogens with zero attached hydrogens (tertiary/aromatic N) is 1. The lowest BCUT2D eigenvalue weighted by molar-refractivity contribution is -0.0752. The van der Waals surface area contributed by atoms with E-state index < -0.39 is 6.03 Å². The number of hydrogen-bond donors (Lipinski definition) is 2. The van der Waals surface area contributed by atoms with Crippen molar-refractivity contribution >= 4 is 11.9 Å². The summed E-state index contributed by atoms with van der Waals surface area (Å²) in [6, 6.07) is 6.98. The number of ether oxygens (including phenoxy) is 1. The van der Waals surface area contributed by atoms with Crippen LogP contribution in [0.15, 0.2) is 24.3 Å². The van der Waals surface area contributed by atoms with Gasteiger partial charge in [0, 0.05) is 18.7 Å². The number of amides is 3. The minimum Gasteiger partial charge on any atom is -0.374 e. The van der Waals surface area contributed by atoms with Crippen LogP contribution in [0.25, 0.3) is 0 Å². The number of benzene rings is 1. The van der Waals surface area contributed by atoms with Crippen LogP contribution >= 0.6 is 0 Å². The molecule has 1 aliphatic carbocycles. The molecule has 1 heterocycles. The van der Waals surface area contributed by atoms with Crippen LogP contribution in [0.4, 0.5) is 4.79 Å². The smallest absolute Gasteiger partial charge is 0.312 e. The van der Waals surface area contributed by atoms with E-state index in [-0.39, 0.29) is 18.1 Å². The molecular formula is C17H23N3O3. The third-order valence-electron chi connectivity index (χ3n) is 4.66. The number of hydrogen-bond acceptors (Lipinski definition) is 3. The third-order valence-corrected chi connectivity index (χ3v) is 4.66. The molecule has 2 aliphatic rings. The van der Waals surface area contributed by atoms with E-state index in [0.29, 0.717) is 25.3 Å². The zero-order chi connectivity index (χ0) is 16.2. The number of morpholine rings is 1. The molecule has 6 nitrogen and oxygen atoms in total. The summed E-state index contributed by atoms with van der Waals surface area (Å²) in [5.74, 6) is 0.0691. The van der Waals surface area contributed by atoms with Crippen LogP contribution in [-0.4, -0.2) is 42.1 Å². The molecule has 124 valence electrons. The summed E-state index contributed by atoms with van der Waals surface area (Å²) in [5, 5.41) is 2.54. The second-order valence-corrected chi connectivity index (χ2v) is 6.17. The Morgan fingerprint density at radius 1 is 1.22 bits per heavy atom. The lowest BCUT2D eigenvalue weighted by Gasteiger charge is -2.43. The molecule has 0 spiro atoms. The molecule has 3 N–H and O–H groups in total. The predicted molar refractivity (Wildman–Crippen MR) is 85.9 cm³/mol. The highest BCUT2D eigenvalue weighted by Crippen LogP contribution is 2.29. The van der Waals surface area contributed by atoms with Crippen molar-refractivity contribution in [2.45, 2.75) is 44.4 Å². The molecule has 0 radical (unpaired) electrons. The number of urea groups is 1. The quantitative estimate of drug-likeness (QED) is 0.889. The average molecular weight is 317 g/mol. The van der Waals surface area contributed by atoms with E-state index in [1.165, 1.54) is 6.42 Å².